The number of carbonyl (C=O) groups excluding carboxylic acids is 1. The Morgan fingerprint density at radius 1 is 1.33 bits per heavy atom. The molecule has 1 aromatic rings. The molecule has 118 valence electrons. The van der Waals surface area contributed by atoms with Gasteiger partial charge in [-0.05, 0) is 18.9 Å². The number of amides is 1. The van der Waals surface area contributed by atoms with Gasteiger partial charge >= 0.3 is 0 Å². The van der Waals surface area contributed by atoms with Crippen LogP contribution in [0.5, 0.6) is 0 Å². The number of anilines is 1. The lowest BCUT2D eigenvalue weighted by molar-refractivity contribution is -0.130. The van der Waals surface area contributed by atoms with E-state index in [0.29, 0.717) is 35.5 Å². The summed E-state index contributed by atoms with van der Waals surface area (Å²) in [5, 5.41) is 6.89. The van der Waals surface area contributed by atoms with Gasteiger partial charge in [-0.2, -0.15) is 0 Å². The number of nitrogens with one attached hydrogen (secondary N) is 2. The van der Waals surface area contributed by atoms with Crippen LogP contribution in [0.4, 0.5) is 5.82 Å². The average Bonchev–Trinajstić information content (AvgIpc) is 2.48. The highest BCUT2D eigenvalue weighted by atomic mass is 35.5. The molecule has 0 fully saturated rings. The van der Waals surface area contributed by atoms with Crippen molar-refractivity contribution in [3.05, 3.63) is 22.3 Å². The molecule has 0 atom stereocenters. The fourth-order valence-electron chi connectivity index (χ4n) is 2.04. The summed E-state index contributed by atoms with van der Waals surface area (Å²) in [5.74, 6) is 0.540. The predicted octanol–water partition coefficient (Wildman–Crippen LogP) is 2.68. The SMILES string of the molecule is CCC(CC)(CN)C(=O)NCCNc1ncc(Cl)cc1Cl. The number of aromatic nitrogens is 1. The summed E-state index contributed by atoms with van der Waals surface area (Å²) in [6, 6.07) is 1.62. The first kappa shape index (κ1) is 18.0. The molecule has 0 saturated carbocycles. The number of hydrogen-bond acceptors (Lipinski definition) is 4. The van der Waals surface area contributed by atoms with Crippen LogP contribution < -0.4 is 16.4 Å². The normalized spacial score (nSPS) is 11.3. The van der Waals surface area contributed by atoms with Crippen molar-refractivity contribution in [2.75, 3.05) is 25.0 Å². The molecule has 0 bridgehead atoms. The molecule has 0 unspecified atom stereocenters. The highest BCUT2D eigenvalue weighted by Crippen LogP contribution is 2.25. The second-order valence-corrected chi connectivity index (χ2v) is 5.70. The Morgan fingerprint density at radius 3 is 2.52 bits per heavy atom. The number of pyridine rings is 1. The van der Waals surface area contributed by atoms with E-state index in [1.54, 1.807) is 6.07 Å². The molecular weight excluding hydrogens is 311 g/mol. The Hall–Kier alpha value is -1.04. The van der Waals surface area contributed by atoms with Crippen molar-refractivity contribution < 1.29 is 4.79 Å². The lowest BCUT2D eigenvalue weighted by Crippen LogP contribution is -2.46. The zero-order valence-corrected chi connectivity index (χ0v) is 13.9. The molecule has 0 aliphatic rings. The van der Waals surface area contributed by atoms with E-state index in [1.807, 2.05) is 13.8 Å². The molecule has 0 aliphatic heterocycles. The van der Waals surface area contributed by atoms with Crippen LogP contribution in [0.1, 0.15) is 26.7 Å². The number of halogens is 2. The summed E-state index contributed by atoms with van der Waals surface area (Å²) >= 11 is 11.8. The number of nitrogens with two attached hydrogens (primary N) is 1. The topological polar surface area (TPSA) is 80.0 Å². The molecule has 5 nitrogen and oxygen atoms in total. The Balaban J connectivity index is 2.45. The molecule has 1 amide bonds. The summed E-state index contributed by atoms with van der Waals surface area (Å²) in [4.78, 5) is 16.3. The van der Waals surface area contributed by atoms with Crippen molar-refractivity contribution in [1.29, 1.82) is 0 Å². The largest absolute Gasteiger partial charge is 0.367 e. The van der Waals surface area contributed by atoms with Gasteiger partial charge in [0.25, 0.3) is 0 Å². The minimum absolute atomic E-state index is 0.00744. The van der Waals surface area contributed by atoms with Crippen molar-refractivity contribution in [3.8, 4) is 0 Å². The van der Waals surface area contributed by atoms with Gasteiger partial charge in [0, 0.05) is 25.8 Å². The number of nitrogens with zero attached hydrogens (tertiary/aromatic N) is 1. The van der Waals surface area contributed by atoms with Gasteiger partial charge in [-0.25, -0.2) is 4.98 Å². The Bertz CT molecular complexity index is 470. The van der Waals surface area contributed by atoms with Gasteiger partial charge in [0.05, 0.1) is 15.5 Å². The first-order chi connectivity index (χ1) is 9.99. The van der Waals surface area contributed by atoms with Crippen LogP contribution in [-0.2, 0) is 4.79 Å². The fraction of sp³-hybridized carbons (Fsp3) is 0.571. The average molecular weight is 333 g/mol. The van der Waals surface area contributed by atoms with Crippen molar-refractivity contribution in [2.45, 2.75) is 26.7 Å². The molecular formula is C14H22Cl2N4O. The van der Waals surface area contributed by atoms with Gasteiger partial charge in [-0.15, -0.1) is 0 Å². The van der Waals surface area contributed by atoms with E-state index in [4.69, 9.17) is 28.9 Å². The third kappa shape index (κ3) is 4.73. The Kier molecular flexibility index (Phi) is 7.22. The quantitative estimate of drug-likeness (QED) is 0.639. The molecule has 7 heteroatoms. The minimum atomic E-state index is -0.476. The summed E-state index contributed by atoms with van der Waals surface area (Å²) in [6.07, 6.45) is 2.97. The maximum absolute atomic E-state index is 12.2. The van der Waals surface area contributed by atoms with Crippen LogP contribution in [0, 0.1) is 5.41 Å². The second kappa shape index (κ2) is 8.41. The molecule has 0 spiro atoms. The van der Waals surface area contributed by atoms with Gasteiger partial charge in [0.1, 0.15) is 5.82 Å². The van der Waals surface area contributed by atoms with Crippen LogP contribution in [-0.4, -0.2) is 30.5 Å². The van der Waals surface area contributed by atoms with Crippen molar-refractivity contribution >= 4 is 34.9 Å². The zero-order valence-electron chi connectivity index (χ0n) is 12.4. The molecule has 1 rings (SSSR count). The molecule has 1 aromatic heterocycles. The zero-order chi connectivity index (χ0) is 15.9. The van der Waals surface area contributed by atoms with Crippen molar-refractivity contribution in [3.63, 3.8) is 0 Å². The predicted molar refractivity (Wildman–Crippen MR) is 87.8 cm³/mol. The third-order valence-electron chi connectivity index (χ3n) is 3.74. The van der Waals surface area contributed by atoms with Gasteiger partial charge in [-0.1, -0.05) is 37.0 Å². The lowest BCUT2D eigenvalue weighted by Gasteiger charge is -2.28. The highest BCUT2D eigenvalue weighted by Gasteiger charge is 2.32. The van der Waals surface area contributed by atoms with E-state index >= 15 is 0 Å². The van der Waals surface area contributed by atoms with E-state index in [0.717, 1.165) is 12.8 Å². The molecule has 4 N–H and O–H groups in total. The number of hydrogen-bond donors (Lipinski definition) is 3. The number of rotatable bonds is 8. The van der Waals surface area contributed by atoms with Crippen LogP contribution in [0.3, 0.4) is 0 Å². The van der Waals surface area contributed by atoms with Crippen molar-refractivity contribution in [2.24, 2.45) is 11.1 Å². The maximum Gasteiger partial charge on any atom is 0.227 e. The first-order valence-electron chi connectivity index (χ1n) is 7.02. The van der Waals surface area contributed by atoms with Gasteiger partial charge in [0.2, 0.25) is 5.91 Å². The van der Waals surface area contributed by atoms with E-state index in [2.05, 4.69) is 15.6 Å². The van der Waals surface area contributed by atoms with Gasteiger partial charge < -0.3 is 16.4 Å². The van der Waals surface area contributed by atoms with Gasteiger partial charge in [-0.3, -0.25) is 4.79 Å². The molecule has 21 heavy (non-hydrogen) atoms. The number of carbonyl (C=O) groups is 1. The smallest absolute Gasteiger partial charge is 0.227 e. The van der Waals surface area contributed by atoms with Crippen LogP contribution in [0.2, 0.25) is 10.0 Å². The van der Waals surface area contributed by atoms with E-state index in [1.165, 1.54) is 6.20 Å². The Labute approximate surface area is 135 Å². The monoisotopic (exact) mass is 332 g/mol. The lowest BCUT2D eigenvalue weighted by atomic mass is 9.81. The second-order valence-electron chi connectivity index (χ2n) is 4.86. The van der Waals surface area contributed by atoms with Crippen molar-refractivity contribution in [1.82, 2.24) is 10.3 Å². The van der Waals surface area contributed by atoms with Crippen LogP contribution in [0.25, 0.3) is 0 Å². The third-order valence-corrected chi connectivity index (χ3v) is 4.23. The summed E-state index contributed by atoms with van der Waals surface area (Å²) in [6.45, 7) is 5.30. The first-order valence-corrected chi connectivity index (χ1v) is 7.78. The van der Waals surface area contributed by atoms with Crippen LogP contribution >= 0.6 is 23.2 Å². The molecule has 0 aliphatic carbocycles. The van der Waals surface area contributed by atoms with Gasteiger partial charge in [0.15, 0.2) is 0 Å². The van der Waals surface area contributed by atoms with E-state index in [-0.39, 0.29) is 5.91 Å². The molecule has 0 radical (unpaired) electrons. The maximum atomic E-state index is 12.2. The van der Waals surface area contributed by atoms with E-state index < -0.39 is 5.41 Å². The molecule has 0 saturated heterocycles. The summed E-state index contributed by atoms with van der Waals surface area (Å²) in [7, 11) is 0. The van der Waals surface area contributed by atoms with E-state index in [9.17, 15) is 4.79 Å². The molecule has 1 heterocycles. The molecule has 0 aromatic carbocycles. The fourth-order valence-corrected chi connectivity index (χ4v) is 2.49. The highest BCUT2D eigenvalue weighted by molar-refractivity contribution is 6.35. The summed E-state index contributed by atoms with van der Waals surface area (Å²) < 4.78 is 0. The summed E-state index contributed by atoms with van der Waals surface area (Å²) in [5.41, 5.74) is 5.27. The Morgan fingerprint density at radius 2 is 2.00 bits per heavy atom. The van der Waals surface area contributed by atoms with Crippen LogP contribution in [0.15, 0.2) is 12.3 Å². The standard InChI is InChI=1S/C14H22Cl2N4O/c1-3-14(4-2,9-17)13(21)19-6-5-18-12-11(16)7-10(15)8-20-12/h7-8H,3-6,9,17H2,1-2H3,(H,18,20)(H,19,21). The minimum Gasteiger partial charge on any atom is -0.367 e.